The summed E-state index contributed by atoms with van der Waals surface area (Å²) in [6, 6.07) is 17.3. The number of nitrogens with zero attached hydrogens (tertiary/aromatic N) is 2. The number of rotatable bonds is 10. The molecule has 2 heterocycles. The van der Waals surface area contributed by atoms with Gasteiger partial charge in [-0.05, 0) is 61.4 Å². The zero-order chi connectivity index (χ0) is 25.5. The van der Waals surface area contributed by atoms with Crippen LogP contribution in [0, 0.1) is 0 Å². The first-order valence-electron chi connectivity index (χ1n) is 11.5. The van der Waals surface area contributed by atoms with E-state index in [1.165, 1.54) is 4.57 Å². The highest BCUT2D eigenvalue weighted by molar-refractivity contribution is 9.10. The normalized spacial score (nSPS) is 10.9. The number of unbranched alkanes of at least 4 members (excludes halogenated alkanes) is 1. The molecule has 186 valence electrons. The molecule has 0 spiro atoms. The van der Waals surface area contributed by atoms with Crippen molar-refractivity contribution < 1.29 is 14.0 Å². The smallest absolute Gasteiger partial charge is 0.331 e. The molecule has 2 aromatic heterocycles. The number of nitrogens with one attached hydrogen (secondary N) is 2. The second-order valence-corrected chi connectivity index (χ2v) is 9.13. The average molecular weight is 553 g/mol. The molecule has 0 saturated heterocycles. The van der Waals surface area contributed by atoms with Gasteiger partial charge in [0.05, 0.1) is 23.7 Å². The third-order valence-electron chi connectivity index (χ3n) is 5.64. The third-order valence-corrected chi connectivity index (χ3v) is 6.17. The molecular weight excluding hydrogens is 528 g/mol. The van der Waals surface area contributed by atoms with E-state index in [1.807, 2.05) is 0 Å². The van der Waals surface area contributed by atoms with Crippen LogP contribution in [0.1, 0.15) is 25.0 Å². The van der Waals surface area contributed by atoms with Crippen molar-refractivity contribution in [1.82, 2.24) is 14.5 Å². The summed E-state index contributed by atoms with van der Waals surface area (Å²) in [7, 11) is 0. The Balaban J connectivity index is 1.45. The molecular formula is C26H25BrN4O5. The zero-order valence-electron chi connectivity index (χ0n) is 19.4. The molecule has 0 atom stereocenters. The van der Waals surface area contributed by atoms with Gasteiger partial charge in [-0.25, -0.2) is 4.79 Å². The van der Waals surface area contributed by atoms with Crippen LogP contribution in [-0.4, -0.2) is 20.9 Å². The van der Waals surface area contributed by atoms with Gasteiger partial charge in [0.15, 0.2) is 0 Å². The molecule has 2 N–H and O–H groups in total. The van der Waals surface area contributed by atoms with E-state index in [2.05, 4.69) is 26.6 Å². The highest BCUT2D eigenvalue weighted by Gasteiger charge is 2.15. The summed E-state index contributed by atoms with van der Waals surface area (Å²) in [6.07, 6.45) is 2.74. The van der Waals surface area contributed by atoms with E-state index in [0.717, 1.165) is 9.04 Å². The largest absolute Gasteiger partial charge is 0.467 e. The number of furan rings is 1. The number of amides is 2. The number of carbonyl (C=O) groups is 2. The summed E-state index contributed by atoms with van der Waals surface area (Å²) in [5, 5.41) is 5.89. The van der Waals surface area contributed by atoms with E-state index in [0.29, 0.717) is 41.7 Å². The highest BCUT2D eigenvalue weighted by Crippen LogP contribution is 2.14. The maximum Gasteiger partial charge on any atom is 0.331 e. The number of halogens is 1. The van der Waals surface area contributed by atoms with Crippen LogP contribution >= 0.6 is 15.9 Å². The summed E-state index contributed by atoms with van der Waals surface area (Å²) in [6.45, 7) is 0.205. The number of hydrogen-bond donors (Lipinski definition) is 2. The lowest BCUT2D eigenvalue weighted by Crippen LogP contribution is -2.41. The fourth-order valence-corrected chi connectivity index (χ4v) is 4.11. The van der Waals surface area contributed by atoms with Gasteiger partial charge in [0.1, 0.15) is 12.3 Å². The van der Waals surface area contributed by atoms with Crippen LogP contribution in [-0.2, 0) is 29.2 Å². The van der Waals surface area contributed by atoms with Crippen LogP contribution in [0.5, 0.6) is 0 Å². The van der Waals surface area contributed by atoms with Crippen molar-refractivity contribution in [2.75, 3.05) is 5.32 Å². The zero-order valence-corrected chi connectivity index (χ0v) is 21.0. The summed E-state index contributed by atoms with van der Waals surface area (Å²) in [5.74, 6) is 0.137. The highest BCUT2D eigenvalue weighted by atomic mass is 79.9. The Bertz CT molecular complexity index is 1470. The molecule has 4 rings (SSSR count). The molecule has 2 amide bonds. The van der Waals surface area contributed by atoms with Crippen molar-refractivity contribution in [2.24, 2.45) is 0 Å². The summed E-state index contributed by atoms with van der Waals surface area (Å²) in [4.78, 5) is 51.1. The fraction of sp³-hybridized carbons (Fsp3) is 0.231. The Morgan fingerprint density at radius 1 is 0.889 bits per heavy atom. The molecule has 0 unspecified atom stereocenters. The molecule has 9 nitrogen and oxygen atoms in total. The molecule has 0 saturated carbocycles. The topological polar surface area (TPSA) is 115 Å². The Labute approximate surface area is 214 Å². The van der Waals surface area contributed by atoms with Crippen LogP contribution in [0.25, 0.3) is 10.9 Å². The molecule has 0 aliphatic heterocycles. The molecule has 0 aliphatic carbocycles. The van der Waals surface area contributed by atoms with Crippen molar-refractivity contribution >= 4 is 44.3 Å². The number of hydrogen-bond acceptors (Lipinski definition) is 5. The van der Waals surface area contributed by atoms with Gasteiger partial charge < -0.3 is 15.1 Å². The van der Waals surface area contributed by atoms with E-state index in [9.17, 15) is 19.2 Å². The van der Waals surface area contributed by atoms with Crippen LogP contribution < -0.4 is 21.9 Å². The van der Waals surface area contributed by atoms with Gasteiger partial charge in [0, 0.05) is 23.1 Å². The molecule has 4 aromatic rings. The summed E-state index contributed by atoms with van der Waals surface area (Å²) < 4.78 is 8.51. The first kappa shape index (κ1) is 25.2. The molecule has 36 heavy (non-hydrogen) atoms. The first-order valence-corrected chi connectivity index (χ1v) is 12.3. The third kappa shape index (κ3) is 6.19. The second-order valence-electron chi connectivity index (χ2n) is 8.21. The van der Waals surface area contributed by atoms with Crippen molar-refractivity contribution in [1.29, 1.82) is 0 Å². The van der Waals surface area contributed by atoms with E-state index in [-0.39, 0.29) is 31.3 Å². The predicted molar refractivity (Wildman–Crippen MR) is 140 cm³/mol. The molecule has 0 radical (unpaired) electrons. The van der Waals surface area contributed by atoms with Crippen molar-refractivity contribution in [2.45, 2.75) is 38.9 Å². The van der Waals surface area contributed by atoms with Crippen molar-refractivity contribution in [3.05, 3.63) is 98.0 Å². The van der Waals surface area contributed by atoms with Crippen LogP contribution in [0.4, 0.5) is 5.69 Å². The maximum atomic E-state index is 13.2. The minimum Gasteiger partial charge on any atom is -0.467 e. The minimum atomic E-state index is -0.563. The number of para-hydroxylation sites is 1. The van der Waals surface area contributed by atoms with Gasteiger partial charge in [-0.1, -0.05) is 28.1 Å². The number of aromatic nitrogens is 2. The Hall–Kier alpha value is -3.92. The minimum absolute atomic E-state index is 0.140. The number of benzene rings is 2. The van der Waals surface area contributed by atoms with Gasteiger partial charge in [0.2, 0.25) is 11.8 Å². The Morgan fingerprint density at radius 2 is 1.67 bits per heavy atom. The SMILES string of the molecule is O=C(CCCCn1c(=O)c2ccccc2n(CC(=O)Nc2ccc(Br)cc2)c1=O)NCc1ccco1. The van der Waals surface area contributed by atoms with Crippen LogP contribution in [0.3, 0.4) is 0 Å². The average Bonchev–Trinajstić information content (AvgIpc) is 3.40. The van der Waals surface area contributed by atoms with Gasteiger partial charge in [-0.15, -0.1) is 0 Å². The quantitative estimate of drug-likeness (QED) is 0.291. The molecule has 0 fully saturated rings. The first-order chi connectivity index (χ1) is 17.4. The fourth-order valence-electron chi connectivity index (χ4n) is 3.84. The number of fused-ring (bicyclic) bond motifs is 1. The molecule has 2 aromatic carbocycles. The molecule has 10 heteroatoms. The van der Waals surface area contributed by atoms with Gasteiger partial charge in [-0.3, -0.25) is 23.5 Å². The second kappa shape index (κ2) is 11.7. The van der Waals surface area contributed by atoms with Crippen LogP contribution in [0.2, 0.25) is 0 Å². The van der Waals surface area contributed by atoms with E-state index >= 15 is 0 Å². The summed E-state index contributed by atoms with van der Waals surface area (Å²) >= 11 is 3.35. The lowest BCUT2D eigenvalue weighted by Gasteiger charge is -2.14. The lowest BCUT2D eigenvalue weighted by molar-refractivity contribution is -0.121. The molecule has 0 bridgehead atoms. The van der Waals surface area contributed by atoms with E-state index < -0.39 is 11.2 Å². The molecule has 0 aliphatic rings. The van der Waals surface area contributed by atoms with Crippen molar-refractivity contribution in [3.8, 4) is 0 Å². The number of anilines is 1. The van der Waals surface area contributed by atoms with E-state index in [1.54, 1.807) is 66.9 Å². The van der Waals surface area contributed by atoms with Crippen LogP contribution in [0.15, 0.2) is 85.4 Å². The maximum absolute atomic E-state index is 13.2. The van der Waals surface area contributed by atoms with E-state index in [4.69, 9.17) is 4.42 Å². The van der Waals surface area contributed by atoms with Gasteiger partial charge in [-0.2, -0.15) is 0 Å². The van der Waals surface area contributed by atoms with Crippen molar-refractivity contribution in [3.63, 3.8) is 0 Å². The monoisotopic (exact) mass is 552 g/mol. The predicted octanol–water partition coefficient (Wildman–Crippen LogP) is 3.64. The summed E-state index contributed by atoms with van der Waals surface area (Å²) in [5.41, 5.74) is 0.0144. The van der Waals surface area contributed by atoms with Gasteiger partial charge in [0.25, 0.3) is 5.56 Å². The van der Waals surface area contributed by atoms with Gasteiger partial charge >= 0.3 is 5.69 Å². The lowest BCUT2D eigenvalue weighted by atomic mass is 10.2. The Morgan fingerprint density at radius 3 is 2.42 bits per heavy atom. The Kier molecular flexibility index (Phi) is 8.17. The number of carbonyl (C=O) groups excluding carboxylic acids is 2. The standard InChI is InChI=1S/C26H25BrN4O5/c27-18-10-12-19(13-11-18)29-24(33)17-31-22-8-2-1-7-21(22)25(34)30(26(31)35)14-4-3-9-23(32)28-16-20-6-5-15-36-20/h1-2,5-8,10-13,15H,3-4,9,14,16-17H2,(H,28,32)(H,29,33).